The molecule has 1 unspecified atom stereocenters. The van der Waals surface area contributed by atoms with Crippen molar-refractivity contribution in [3.63, 3.8) is 0 Å². The smallest absolute Gasteiger partial charge is 0.260 e. The summed E-state index contributed by atoms with van der Waals surface area (Å²) in [5.74, 6) is 1.35. The topological polar surface area (TPSA) is 87.7 Å². The summed E-state index contributed by atoms with van der Waals surface area (Å²) in [6.45, 7) is 5.20. The molecule has 7 nitrogen and oxygen atoms in total. The molecule has 1 fully saturated rings. The third-order valence-electron chi connectivity index (χ3n) is 5.37. The molecule has 0 spiro atoms. The van der Waals surface area contributed by atoms with Crippen LogP contribution in [-0.4, -0.2) is 58.5 Å². The second kappa shape index (κ2) is 9.48. The molecule has 0 aliphatic heterocycles. The zero-order valence-electron chi connectivity index (χ0n) is 18.1. The second-order valence-corrected chi connectivity index (χ2v) is 9.10. The van der Waals surface area contributed by atoms with E-state index in [4.69, 9.17) is 14.5 Å². The number of aromatic nitrogens is 2. The van der Waals surface area contributed by atoms with Gasteiger partial charge in [0.05, 0.1) is 37.9 Å². The Morgan fingerprint density at radius 2 is 2.06 bits per heavy atom. The third-order valence-corrected chi connectivity index (χ3v) is 6.25. The van der Waals surface area contributed by atoms with Gasteiger partial charge in [0.25, 0.3) is 5.56 Å². The lowest BCUT2D eigenvalue weighted by atomic mass is 10.1. The third kappa shape index (κ3) is 5.15. The number of fused-ring (bicyclic) bond motifs is 1. The molecule has 8 heteroatoms. The van der Waals surface area contributed by atoms with E-state index >= 15 is 0 Å². The van der Waals surface area contributed by atoms with Gasteiger partial charge in [-0.05, 0) is 32.8 Å². The summed E-state index contributed by atoms with van der Waals surface area (Å²) in [6, 6.07) is 8.09. The molecule has 4 rings (SSSR count). The van der Waals surface area contributed by atoms with E-state index in [-0.39, 0.29) is 11.7 Å². The molecule has 1 aromatic carbocycles. The van der Waals surface area contributed by atoms with E-state index in [9.17, 15) is 9.90 Å². The first kappa shape index (κ1) is 22.0. The number of hydrogen-bond acceptors (Lipinski definition) is 7. The van der Waals surface area contributed by atoms with E-state index in [2.05, 4.69) is 9.88 Å². The summed E-state index contributed by atoms with van der Waals surface area (Å²) in [6.07, 6.45) is 1.71. The molecule has 2 N–H and O–H groups in total. The number of aliphatic hydroxyl groups excluding tert-OH is 1. The first-order valence-corrected chi connectivity index (χ1v) is 11.5. The van der Waals surface area contributed by atoms with Crippen molar-refractivity contribution >= 4 is 21.6 Å². The number of thiophene rings is 1. The van der Waals surface area contributed by atoms with Gasteiger partial charge in [-0.3, -0.25) is 9.69 Å². The minimum Gasteiger partial charge on any atom is -0.496 e. The lowest BCUT2D eigenvalue weighted by molar-refractivity contribution is -0.0110. The van der Waals surface area contributed by atoms with Crippen LogP contribution in [0.5, 0.6) is 5.75 Å². The molecule has 0 saturated heterocycles. The largest absolute Gasteiger partial charge is 0.496 e. The van der Waals surface area contributed by atoms with Crippen LogP contribution in [-0.2, 0) is 11.3 Å². The predicted molar refractivity (Wildman–Crippen MR) is 123 cm³/mol. The van der Waals surface area contributed by atoms with Crippen molar-refractivity contribution in [2.75, 3.05) is 20.3 Å². The number of aliphatic hydroxyl groups is 1. The van der Waals surface area contributed by atoms with Crippen LogP contribution in [0.4, 0.5) is 0 Å². The SMILES string of the molecule is COc1ccccc1-c1csc2nc(CN(CC(O)COC(C)C)C3CC3)[nH]c(=O)c12. The number of rotatable bonds is 10. The molecule has 1 aliphatic carbocycles. The van der Waals surface area contributed by atoms with Crippen LogP contribution in [0.25, 0.3) is 21.3 Å². The molecule has 0 bridgehead atoms. The van der Waals surface area contributed by atoms with Gasteiger partial charge in [0, 0.05) is 29.1 Å². The molecule has 166 valence electrons. The Morgan fingerprint density at radius 1 is 1.29 bits per heavy atom. The van der Waals surface area contributed by atoms with Gasteiger partial charge < -0.3 is 19.6 Å². The van der Waals surface area contributed by atoms with Gasteiger partial charge >= 0.3 is 0 Å². The Balaban J connectivity index is 1.57. The summed E-state index contributed by atoms with van der Waals surface area (Å²) in [4.78, 5) is 23.6. The Hall–Kier alpha value is -2.26. The Labute approximate surface area is 185 Å². The van der Waals surface area contributed by atoms with E-state index in [1.54, 1.807) is 7.11 Å². The quantitative estimate of drug-likeness (QED) is 0.499. The first-order chi connectivity index (χ1) is 15.0. The zero-order valence-corrected chi connectivity index (χ0v) is 18.9. The van der Waals surface area contributed by atoms with Gasteiger partial charge in [-0.2, -0.15) is 0 Å². The van der Waals surface area contributed by atoms with Crippen molar-refractivity contribution in [3.05, 3.63) is 45.8 Å². The minimum absolute atomic E-state index is 0.0840. The maximum absolute atomic E-state index is 13.0. The van der Waals surface area contributed by atoms with Crippen LogP contribution < -0.4 is 10.3 Å². The van der Waals surface area contributed by atoms with Crippen LogP contribution in [0, 0.1) is 0 Å². The molecular weight excluding hydrogens is 414 g/mol. The average molecular weight is 444 g/mol. The first-order valence-electron chi connectivity index (χ1n) is 10.6. The molecule has 1 saturated carbocycles. The van der Waals surface area contributed by atoms with Crippen LogP contribution in [0.3, 0.4) is 0 Å². The highest BCUT2D eigenvalue weighted by Crippen LogP contribution is 2.36. The minimum atomic E-state index is -0.572. The normalized spacial score (nSPS) is 15.2. The number of H-pyrrole nitrogens is 1. The monoisotopic (exact) mass is 443 g/mol. The van der Waals surface area contributed by atoms with Gasteiger partial charge in [0.2, 0.25) is 0 Å². The van der Waals surface area contributed by atoms with Crippen LogP contribution in [0.2, 0.25) is 0 Å². The molecule has 2 aromatic heterocycles. The number of ether oxygens (including phenoxy) is 2. The molecule has 0 radical (unpaired) electrons. The fourth-order valence-electron chi connectivity index (χ4n) is 3.74. The highest BCUT2D eigenvalue weighted by atomic mass is 32.1. The van der Waals surface area contributed by atoms with Gasteiger partial charge in [0.1, 0.15) is 16.4 Å². The highest BCUT2D eigenvalue weighted by molar-refractivity contribution is 7.17. The summed E-state index contributed by atoms with van der Waals surface area (Å²) in [5.41, 5.74) is 1.56. The maximum atomic E-state index is 13.0. The molecule has 2 heterocycles. The standard InChI is InChI=1S/C23H29N3O4S/c1-14(2)30-12-16(27)10-26(15-8-9-15)11-20-24-22(28)21-18(13-31-23(21)25-20)17-6-4-5-7-19(17)29-3/h4-7,13-16,27H,8-12H2,1-3H3,(H,24,25,28). The maximum Gasteiger partial charge on any atom is 0.260 e. The fourth-order valence-corrected chi connectivity index (χ4v) is 4.69. The molecule has 1 atom stereocenters. The molecule has 1 aliphatic rings. The van der Waals surface area contributed by atoms with Gasteiger partial charge in [-0.1, -0.05) is 18.2 Å². The van der Waals surface area contributed by atoms with Crippen LogP contribution in [0.15, 0.2) is 34.4 Å². The average Bonchev–Trinajstić information content (AvgIpc) is 3.51. The van der Waals surface area contributed by atoms with E-state index < -0.39 is 6.10 Å². The second-order valence-electron chi connectivity index (χ2n) is 8.24. The Morgan fingerprint density at radius 3 is 2.77 bits per heavy atom. The summed E-state index contributed by atoms with van der Waals surface area (Å²) >= 11 is 1.46. The molecule has 3 aromatic rings. The van der Waals surface area contributed by atoms with Crippen molar-refractivity contribution in [1.29, 1.82) is 0 Å². The number of methoxy groups -OCH3 is 1. The van der Waals surface area contributed by atoms with Crippen molar-refractivity contribution in [1.82, 2.24) is 14.9 Å². The molecule has 31 heavy (non-hydrogen) atoms. The lowest BCUT2D eigenvalue weighted by Crippen LogP contribution is -2.37. The van der Waals surface area contributed by atoms with Crippen molar-refractivity contribution in [2.24, 2.45) is 0 Å². The van der Waals surface area contributed by atoms with Crippen molar-refractivity contribution in [3.8, 4) is 16.9 Å². The van der Waals surface area contributed by atoms with E-state index in [0.717, 1.165) is 29.7 Å². The number of nitrogens with one attached hydrogen (secondary N) is 1. The van der Waals surface area contributed by atoms with Gasteiger partial charge in [-0.15, -0.1) is 11.3 Å². The van der Waals surface area contributed by atoms with E-state index in [1.807, 2.05) is 43.5 Å². The van der Waals surface area contributed by atoms with Crippen LogP contribution in [0.1, 0.15) is 32.5 Å². The zero-order chi connectivity index (χ0) is 22.0. The predicted octanol–water partition coefficient (Wildman–Crippen LogP) is 3.41. The summed E-state index contributed by atoms with van der Waals surface area (Å²) in [7, 11) is 1.63. The molecular formula is C23H29N3O4S. The highest BCUT2D eigenvalue weighted by Gasteiger charge is 2.31. The van der Waals surface area contributed by atoms with Crippen molar-refractivity contribution < 1.29 is 14.6 Å². The number of para-hydroxylation sites is 1. The Bertz CT molecular complexity index is 1090. The van der Waals surface area contributed by atoms with Gasteiger partial charge in [-0.25, -0.2) is 4.98 Å². The number of nitrogens with zero attached hydrogens (tertiary/aromatic N) is 2. The summed E-state index contributed by atoms with van der Waals surface area (Å²) < 4.78 is 11.0. The molecule has 0 amide bonds. The number of aromatic amines is 1. The Kier molecular flexibility index (Phi) is 6.71. The van der Waals surface area contributed by atoms with E-state index in [0.29, 0.717) is 41.8 Å². The van der Waals surface area contributed by atoms with Gasteiger partial charge in [0.15, 0.2) is 0 Å². The number of benzene rings is 1. The van der Waals surface area contributed by atoms with E-state index in [1.165, 1.54) is 11.3 Å². The van der Waals surface area contributed by atoms with Crippen molar-refractivity contribution in [2.45, 2.75) is 51.5 Å². The lowest BCUT2D eigenvalue weighted by Gasteiger charge is -2.24. The summed E-state index contributed by atoms with van der Waals surface area (Å²) in [5, 5.41) is 12.9. The fraction of sp³-hybridized carbons (Fsp3) is 0.478. The van der Waals surface area contributed by atoms with Crippen LogP contribution >= 0.6 is 11.3 Å². The number of hydrogen-bond donors (Lipinski definition) is 2.